The molecule has 0 aliphatic heterocycles. The lowest BCUT2D eigenvalue weighted by Gasteiger charge is -2.16. The van der Waals surface area contributed by atoms with Crippen molar-refractivity contribution in [2.24, 2.45) is 0 Å². The van der Waals surface area contributed by atoms with Crippen molar-refractivity contribution in [2.75, 3.05) is 5.32 Å². The molecule has 0 radical (unpaired) electrons. The number of hydrogen-bond donors (Lipinski definition) is 1. The van der Waals surface area contributed by atoms with E-state index < -0.39 is 16.9 Å². The first-order valence-electron chi connectivity index (χ1n) is 6.54. The number of hydrogen-bond acceptors (Lipinski definition) is 4. The predicted octanol–water partition coefficient (Wildman–Crippen LogP) is 4.42. The summed E-state index contributed by atoms with van der Waals surface area (Å²) < 4.78 is 6.15. The molecule has 23 heavy (non-hydrogen) atoms. The van der Waals surface area contributed by atoms with Crippen LogP contribution in [0.2, 0.25) is 5.02 Å². The molecule has 0 unspecified atom stereocenters. The average molecular weight is 400 g/mol. The Morgan fingerprint density at radius 2 is 2.04 bits per heavy atom. The quantitative estimate of drug-likeness (QED) is 0.596. The van der Waals surface area contributed by atoms with E-state index in [-0.39, 0.29) is 11.4 Å². The van der Waals surface area contributed by atoms with Crippen molar-refractivity contribution in [1.29, 1.82) is 0 Å². The molecule has 0 fully saturated rings. The van der Waals surface area contributed by atoms with Crippen LogP contribution in [0.3, 0.4) is 0 Å². The molecule has 120 valence electrons. The summed E-state index contributed by atoms with van der Waals surface area (Å²) in [5.74, 6) is -0.0549. The number of amides is 1. The fourth-order valence-electron chi connectivity index (χ4n) is 1.79. The minimum Gasteiger partial charge on any atom is -0.480 e. The monoisotopic (exact) mass is 398 g/mol. The molecule has 1 N–H and O–H groups in total. The van der Waals surface area contributed by atoms with E-state index in [0.29, 0.717) is 15.2 Å². The molecule has 1 atom stereocenters. The summed E-state index contributed by atoms with van der Waals surface area (Å²) in [7, 11) is 0. The highest BCUT2D eigenvalue weighted by Crippen LogP contribution is 2.29. The minimum absolute atomic E-state index is 0.119. The topological polar surface area (TPSA) is 81.5 Å². The zero-order valence-corrected chi connectivity index (χ0v) is 14.3. The van der Waals surface area contributed by atoms with Gasteiger partial charge in [-0.05, 0) is 47.1 Å². The number of para-hydroxylation sites is 2. The maximum absolute atomic E-state index is 12.2. The van der Waals surface area contributed by atoms with Crippen LogP contribution in [-0.2, 0) is 4.79 Å². The molecule has 8 heteroatoms. The number of carbonyl (C=O) groups is 1. The lowest BCUT2D eigenvalue weighted by atomic mass is 10.2. The van der Waals surface area contributed by atoms with E-state index in [2.05, 4.69) is 21.2 Å². The Morgan fingerprint density at radius 1 is 1.35 bits per heavy atom. The number of nitro benzene ring substituents is 1. The lowest BCUT2D eigenvalue weighted by molar-refractivity contribution is -0.383. The van der Waals surface area contributed by atoms with Gasteiger partial charge >= 0.3 is 0 Å². The Labute approximate surface area is 145 Å². The van der Waals surface area contributed by atoms with Crippen molar-refractivity contribution in [2.45, 2.75) is 13.0 Å². The van der Waals surface area contributed by atoms with E-state index in [1.807, 2.05) is 0 Å². The highest BCUT2D eigenvalue weighted by molar-refractivity contribution is 9.10. The van der Waals surface area contributed by atoms with Crippen LogP contribution in [0.4, 0.5) is 11.4 Å². The van der Waals surface area contributed by atoms with Gasteiger partial charge in [0.15, 0.2) is 6.10 Å². The maximum atomic E-state index is 12.2. The van der Waals surface area contributed by atoms with Crippen LogP contribution in [-0.4, -0.2) is 16.9 Å². The second kappa shape index (κ2) is 7.43. The van der Waals surface area contributed by atoms with Gasteiger partial charge in [0.1, 0.15) is 11.4 Å². The molecule has 0 spiro atoms. The van der Waals surface area contributed by atoms with E-state index in [1.54, 1.807) is 31.2 Å². The number of nitro groups is 1. The summed E-state index contributed by atoms with van der Waals surface area (Å²) in [4.78, 5) is 22.6. The molecule has 0 aliphatic rings. The molecule has 0 aliphatic carbocycles. The first kappa shape index (κ1) is 17.2. The normalized spacial score (nSPS) is 11.6. The number of anilines is 1. The number of carbonyl (C=O) groups excluding carboxylic acids is 1. The third-order valence-electron chi connectivity index (χ3n) is 2.93. The van der Waals surface area contributed by atoms with E-state index in [9.17, 15) is 14.9 Å². The van der Waals surface area contributed by atoms with Crippen LogP contribution in [0, 0.1) is 10.1 Å². The van der Waals surface area contributed by atoms with Gasteiger partial charge in [-0.2, -0.15) is 0 Å². The van der Waals surface area contributed by atoms with Crippen molar-refractivity contribution in [3.05, 3.63) is 62.1 Å². The first-order chi connectivity index (χ1) is 10.9. The maximum Gasteiger partial charge on any atom is 0.292 e. The van der Waals surface area contributed by atoms with Crippen molar-refractivity contribution in [3.8, 4) is 5.75 Å². The van der Waals surface area contributed by atoms with Crippen LogP contribution in [0.5, 0.6) is 5.75 Å². The summed E-state index contributed by atoms with van der Waals surface area (Å²) in [6, 6.07) is 10.8. The van der Waals surface area contributed by atoms with E-state index in [0.717, 1.165) is 0 Å². The van der Waals surface area contributed by atoms with Gasteiger partial charge in [-0.1, -0.05) is 23.7 Å². The van der Waals surface area contributed by atoms with Crippen LogP contribution >= 0.6 is 27.5 Å². The number of rotatable bonds is 5. The SMILES string of the molecule is C[C@H](Oc1ccc(Cl)cc1Br)C(=O)Nc1ccccc1[N+](=O)[O-]. The first-order valence-corrected chi connectivity index (χ1v) is 7.71. The molecule has 0 saturated heterocycles. The van der Waals surface area contributed by atoms with Crippen LogP contribution in [0.15, 0.2) is 46.9 Å². The molecule has 0 heterocycles. The average Bonchev–Trinajstić information content (AvgIpc) is 2.50. The molecular formula is C15H12BrClN2O4. The zero-order valence-electron chi connectivity index (χ0n) is 12.0. The molecular weight excluding hydrogens is 388 g/mol. The second-order valence-electron chi connectivity index (χ2n) is 4.60. The van der Waals surface area contributed by atoms with Gasteiger partial charge < -0.3 is 10.1 Å². The summed E-state index contributed by atoms with van der Waals surface area (Å²) >= 11 is 9.13. The van der Waals surface area contributed by atoms with Gasteiger partial charge in [0.2, 0.25) is 0 Å². The highest BCUT2D eigenvalue weighted by Gasteiger charge is 2.20. The summed E-state index contributed by atoms with van der Waals surface area (Å²) in [5, 5.41) is 14.0. The molecule has 6 nitrogen and oxygen atoms in total. The van der Waals surface area contributed by atoms with Crippen molar-refractivity contribution < 1.29 is 14.5 Å². The molecule has 0 saturated carbocycles. The van der Waals surface area contributed by atoms with Gasteiger partial charge in [-0.3, -0.25) is 14.9 Å². The van der Waals surface area contributed by atoms with Crippen LogP contribution in [0.25, 0.3) is 0 Å². The Bertz CT molecular complexity index is 754. The number of nitrogens with zero attached hydrogens (tertiary/aromatic N) is 1. The van der Waals surface area contributed by atoms with Gasteiger partial charge in [-0.15, -0.1) is 0 Å². The van der Waals surface area contributed by atoms with Gasteiger partial charge in [0.25, 0.3) is 11.6 Å². The molecule has 2 aromatic rings. The number of benzene rings is 2. The minimum atomic E-state index is -0.854. The van der Waals surface area contributed by atoms with E-state index in [4.69, 9.17) is 16.3 Å². The number of nitrogens with one attached hydrogen (secondary N) is 1. The molecule has 0 aromatic heterocycles. The van der Waals surface area contributed by atoms with Crippen molar-refractivity contribution in [3.63, 3.8) is 0 Å². The fourth-order valence-corrected chi connectivity index (χ4v) is 2.56. The smallest absolute Gasteiger partial charge is 0.292 e. The summed E-state index contributed by atoms with van der Waals surface area (Å²) in [6.07, 6.45) is -0.854. The molecule has 1 amide bonds. The van der Waals surface area contributed by atoms with Crippen molar-refractivity contribution in [1.82, 2.24) is 0 Å². The number of halogens is 2. The van der Waals surface area contributed by atoms with E-state index in [1.165, 1.54) is 18.2 Å². The standard InChI is InChI=1S/C15H12BrClN2O4/c1-9(23-14-7-6-10(17)8-11(14)16)15(20)18-12-4-2-3-5-13(12)19(21)22/h2-9H,1H3,(H,18,20)/t9-/m0/s1. The Hall–Kier alpha value is -2.12. The lowest BCUT2D eigenvalue weighted by Crippen LogP contribution is -2.30. The Balaban J connectivity index is 2.10. The summed E-state index contributed by atoms with van der Waals surface area (Å²) in [6.45, 7) is 1.55. The second-order valence-corrected chi connectivity index (χ2v) is 5.89. The van der Waals surface area contributed by atoms with Gasteiger partial charge in [0.05, 0.1) is 9.40 Å². The largest absolute Gasteiger partial charge is 0.480 e. The zero-order chi connectivity index (χ0) is 17.0. The Morgan fingerprint density at radius 3 is 2.70 bits per heavy atom. The predicted molar refractivity (Wildman–Crippen MR) is 91.0 cm³/mol. The van der Waals surface area contributed by atoms with Gasteiger partial charge in [-0.25, -0.2) is 0 Å². The van der Waals surface area contributed by atoms with E-state index >= 15 is 0 Å². The van der Waals surface area contributed by atoms with Crippen molar-refractivity contribution >= 4 is 44.8 Å². The molecule has 0 bridgehead atoms. The molecule has 2 rings (SSSR count). The van der Waals surface area contributed by atoms with Gasteiger partial charge in [0, 0.05) is 11.1 Å². The molecule has 2 aromatic carbocycles. The fraction of sp³-hybridized carbons (Fsp3) is 0.133. The third kappa shape index (κ3) is 4.43. The van der Waals surface area contributed by atoms with Crippen LogP contribution < -0.4 is 10.1 Å². The third-order valence-corrected chi connectivity index (χ3v) is 3.78. The summed E-state index contributed by atoms with van der Waals surface area (Å²) in [5.41, 5.74) is -0.0613. The Kier molecular flexibility index (Phi) is 5.57. The van der Waals surface area contributed by atoms with Crippen LogP contribution in [0.1, 0.15) is 6.92 Å². The number of ether oxygens (including phenoxy) is 1. The highest BCUT2D eigenvalue weighted by atomic mass is 79.9.